The smallest absolute Gasteiger partial charge is 0.248 e. The number of carbonyl (C=O) groups excluding carboxylic acids is 1. The predicted octanol–water partition coefficient (Wildman–Crippen LogP) is 3.43. The summed E-state index contributed by atoms with van der Waals surface area (Å²) in [5.41, 5.74) is 3.70. The Bertz CT molecular complexity index is 842. The fraction of sp³-hybridized carbons (Fsp3) is 0.593. The summed E-state index contributed by atoms with van der Waals surface area (Å²) in [6.07, 6.45) is 10.7. The summed E-state index contributed by atoms with van der Waals surface area (Å²) in [5.74, 6) is 0.985. The van der Waals surface area contributed by atoms with Crippen LogP contribution in [0.3, 0.4) is 0 Å². The van der Waals surface area contributed by atoms with Gasteiger partial charge >= 0.3 is 0 Å². The van der Waals surface area contributed by atoms with Crippen molar-refractivity contribution in [3.63, 3.8) is 0 Å². The van der Waals surface area contributed by atoms with Gasteiger partial charge in [-0.05, 0) is 56.4 Å². The highest BCUT2D eigenvalue weighted by Gasteiger charge is 2.43. The third kappa shape index (κ3) is 5.89. The largest absolute Gasteiger partial charge is 0.392 e. The normalized spacial score (nSPS) is 28.3. The van der Waals surface area contributed by atoms with Crippen molar-refractivity contribution in [2.45, 2.75) is 57.7 Å². The minimum Gasteiger partial charge on any atom is -0.392 e. The van der Waals surface area contributed by atoms with Crippen LogP contribution in [0.2, 0.25) is 0 Å². The number of fused-ring (bicyclic) bond motifs is 1. The van der Waals surface area contributed by atoms with E-state index in [1.165, 1.54) is 11.1 Å². The molecule has 1 aliphatic heterocycles. The molecule has 1 saturated heterocycles. The highest BCUT2D eigenvalue weighted by atomic mass is 16.5. The predicted molar refractivity (Wildman–Crippen MR) is 125 cm³/mol. The Labute approximate surface area is 191 Å². The Kier molecular flexibility index (Phi) is 7.82. The van der Waals surface area contributed by atoms with E-state index in [-0.39, 0.29) is 24.5 Å². The average molecular weight is 440 g/mol. The number of hydrogen-bond acceptors (Lipinski definition) is 4. The van der Waals surface area contributed by atoms with Crippen molar-refractivity contribution in [1.82, 2.24) is 4.90 Å². The minimum atomic E-state index is -0.543. The van der Waals surface area contributed by atoms with Crippen LogP contribution in [0.1, 0.15) is 43.2 Å². The zero-order valence-electron chi connectivity index (χ0n) is 19.2. The van der Waals surface area contributed by atoms with Gasteiger partial charge in [-0.25, -0.2) is 0 Å². The summed E-state index contributed by atoms with van der Waals surface area (Å²) in [6, 6.07) is 8.22. The lowest BCUT2D eigenvalue weighted by molar-refractivity contribution is -0.135. The number of aryl methyl sites for hydroxylation is 1. The van der Waals surface area contributed by atoms with Crippen molar-refractivity contribution in [3.05, 3.63) is 59.2 Å². The van der Waals surface area contributed by atoms with E-state index in [1.807, 2.05) is 29.2 Å². The molecule has 0 aromatic heterocycles. The van der Waals surface area contributed by atoms with E-state index in [0.29, 0.717) is 24.9 Å². The van der Waals surface area contributed by atoms with Crippen LogP contribution >= 0.6 is 0 Å². The maximum atomic E-state index is 12.1. The van der Waals surface area contributed by atoms with Crippen LogP contribution < -0.4 is 0 Å². The number of ether oxygens (including phenoxy) is 1. The van der Waals surface area contributed by atoms with E-state index >= 15 is 0 Å². The first-order valence-corrected chi connectivity index (χ1v) is 12.1. The van der Waals surface area contributed by atoms with E-state index in [2.05, 4.69) is 25.1 Å². The lowest BCUT2D eigenvalue weighted by atomic mass is 9.88. The van der Waals surface area contributed by atoms with Crippen molar-refractivity contribution < 1.29 is 19.7 Å². The van der Waals surface area contributed by atoms with Gasteiger partial charge in [0, 0.05) is 25.4 Å². The zero-order valence-corrected chi connectivity index (χ0v) is 19.2. The third-order valence-corrected chi connectivity index (χ3v) is 7.28. The molecule has 1 aromatic rings. The molecular formula is C27H37NO4. The summed E-state index contributed by atoms with van der Waals surface area (Å²) in [4.78, 5) is 14.0. The molecule has 5 heteroatoms. The molecule has 0 spiro atoms. The molecule has 1 aromatic carbocycles. The van der Waals surface area contributed by atoms with Crippen molar-refractivity contribution >= 4 is 5.91 Å². The molecule has 2 aliphatic carbocycles. The number of benzene rings is 1. The fourth-order valence-electron chi connectivity index (χ4n) is 5.62. The van der Waals surface area contributed by atoms with Crippen LogP contribution in [-0.4, -0.2) is 59.5 Å². The second kappa shape index (κ2) is 10.8. The SMILES string of the molecule is Cc1cccc(C[C@@H](O)/C=C/[C@@H]2[C@H]3CC(CCOCC(=O)N4CCCC4)=C[C@H]3C[C@H]2O)c1. The van der Waals surface area contributed by atoms with Gasteiger partial charge < -0.3 is 19.8 Å². The first kappa shape index (κ1) is 23.2. The molecular weight excluding hydrogens is 402 g/mol. The standard InChI is InChI=1S/C27H37NO4/c1-19-5-4-6-20(13-19)15-23(29)7-8-24-25-16-21(14-22(25)17-26(24)30)9-12-32-18-27(31)28-10-2-3-11-28/h4-8,13-14,22-26,29-30H,2-3,9-12,15-18H2,1H3/b8-7+/t22-,23-,24+,25-,26+/m0/s1. The molecule has 5 nitrogen and oxygen atoms in total. The van der Waals surface area contributed by atoms with Crippen molar-refractivity contribution in [2.24, 2.45) is 17.8 Å². The number of aliphatic hydroxyl groups is 2. The number of aliphatic hydroxyl groups excluding tert-OH is 2. The van der Waals surface area contributed by atoms with Gasteiger partial charge in [-0.3, -0.25) is 4.79 Å². The maximum Gasteiger partial charge on any atom is 0.248 e. The van der Waals surface area contributed by atoms with Gasteiger partial charge in [-0.15, -0.1) is 0 Å². The molecule has 3 aliphatic rings. The van der Waals surface area contributed by atoms with E-state index in [0.717, 1.165) is 50.8 Å². The summed E-state index contributed by atoms with van der Waals surface area (Å²) < 4.78 is 5.66. The molecule has 32 heavy (non-hydrogen) atoms. The van der Waals surface area contributed by atoms with Crippen molar-refractivity contribution in [1.29, 1.82) is 0 Å². The molecule has 1 heterocycles. The Hall–Kier alpha value is -1.95. The van der Waals surface area contributed by atoms with Gasteiger partial charge in [0.15, 0.2) is 0 Å². The van der Waals surface area contributed by atoms with Crippen LogP contribution in [0.15, 0.2) is 48.1 Å². The van der Waals surface area contributed by atoms with Gasteiger partial charge in [0.05, 0.1) is 18.8 Å². The van der Waals surface area contributed by atoms with E-state index in [1.54, 1.807) is 0 Å². The second-order valence-electron chi connectivity index (χ2n) is 9.77. The van der Waals surface area contributed by atoms with Gasteiger partial charge in [0.1, 0.15) is 6.61 Å². The summed E-state index contributed by atoms with van der Waals surface area (Å²) in [5, 5.41) is 21.0. The van der Waals surface area contributed by atoms with E-state index in [9.17, 15) is 15.0 Å². The first-order chi connectivity index (χ1) is 15.5. The number of nitrogens with zero attached hydrogens (tertiary/aromatic N) is 1. The third-order valence-electron chi connectivity index (χ3n) is 7.28. The number of rotatable bonds is 9. The minimum absolute atomic E-state index is 0.0820. The fourth-order valence-corrected chi connectivity index (χ4v) is 5.62. The van der Waals surface area contributed by atoms with Crippen molar-refractivity contribution in [3.8, 4) is 0 Å². The number of likely N-dealkylation sites (tertiary alicyclic amines) is 1. The van der Waals surface area contributed by atoms with Gasteiger partial charge in [-0.2, -0.15) is 0 Å². The summed E-state index contributed by atoms with van der Waals surface area (Å²) in [6.45, 7) is 4.55. The van der Waals surface area contributed by atoms with Gasteiger partial charge in [0.25, 0.3) is 0 Å². The molecule has 5 atom stereocenters. The summed E-state index contributed by atoms with van der Waals surface area (Å²) >= 11 is 0. The first-order valence-electron chi connectivity index (χ1n) is 12.1. The molecule has 1 saturated carbocycles. The number of amides is 1. The Morgan fingerprint density at radius 2 is 2.12 bits per heavy atom. The molecule has 0 radical (unpaired) electrons. The van der Waals surface area contributed by atoms with E-state index < -0.39 is 6.10 Å². The number of hydrogen-bond donors (Lipinski definition) is 2. The molecule has 2 N–H and O–H groups in total. The van der Waals surface area contributed by atoms with Crippen LogP contribution in [0.25, 0.3) is 0 Å². The Morgan fingerprint density at radius 3 is 2.91 bits per heavy atom. The highest BCUT2D eigenvalue weighted by molar-refractivity contribution is 5.77. The van der Waals surface area contributed by atoms with Gasteiger partial charge in [-0.1, -0.05) is 53.6 Å². The maximum absolute atomic E-state index is 12.1. The number of allylic oxidation sites excluding steroid dienone is 1. The molecule has 0 unspecified atom stereocenters. The molecule has 2 fully saturated rings. The van der Waals surface area contributed by atoms with E-state index in [4.69, 9.17) is 4.74 Å². The monoisotopic (exact) mass is 439 g/mol. The molecule has 174 valence electrons. The Morgan fingerprint density at radius 1 is 1.31 bits per heavy atom. The van der Waals surface area contributed by atoms with Gasteiger partial charge in [0.2, 0.25) is 5.91 Å². The molecule has 1 amide bonds. The Balaban J connectivity index is 1.22. The molecule has 4 rings (SSSR count). The lowest BCUT2D eigenvalue weighted by Gasteiger charge is -2.19. The highest BCUT2D eigenvalue weighted by Crippen LogP contribution is 2.47. The number of carbonyl (C=O) groups is 1. The quantitative estimate of drug-likeness (QED) is 0.457. The average Bonchev–Trinajstić information content (AvgIpc) is 3.47. The van der Waals surface area contributed by atoms with Crippen LogP contribution in [0.4, 0.5) is 0 Å². The van der Waals surface area contributed by atoms with Crippen LogP contribution in [-0.2, 0) is 16.0 Å². The van der Waals surface area contributed by atoms with Crippen LogP contribution in [0.5, 0.6) is 0 Å². The topological polar surface area (TPSA) is 70.0 Å². The van der Waals surface area contributed by atoms with Crippen LogP contribution in [0, 0.1) is 24.7 Å². The molecule has 0 bridgehead atoms. The zero-order chi connectivity index (χ0) is 22.5. The lowest BCUT2D eigenvalue weighted by Crippen LogP contribution is -2.31. The summed E-state index contributed by atoms with van der Waals surface area (Å²) in [7, 11) is 0. The van der Waals surface area contributed by atoms with Crippen molar-refractivity contribution in [2.75, 3.05) is 26.3 Å². The second-order valence-corrected chi connectivity index (χ2v) is 9.77.